The van der Waals surface area contributed by atoms with Crippen molar-refractivity contribution in [2.45, 2.75) is 38.5 Å². The Balaban J connectivity index is 2.69. The molecule has 0 aliphatic rings. The zero-order chi connectivity index (χ0) is 14.5. The van der Waals surface area contributed by atoms with Crippen LogP contribution in [0, 0.1) is 0 Å². The standard InChI is InChI=1S/C14H20F3NO/c1-10(7-8-19-3)18-11(2)12-5-4-6-13(9-12)14(15,16)17/h4-6,9-11,18H,7-8H2,1-3H3. The van der Waals surface area contributed by atoms with Gasteiger partial charge in [-0.3, -0.25) is 0 Å². The van der Waals surface area contributed by atoms with Crippen LogP contribution in [0.15, 0.2) is 24.3 Å². The summed E-state index contributed by atoms with van der Waals surface area (Å²) in [6.45, 7) is 4.48. The normalized spacial score (nSPS) is 15.3. The van der Waals surface area contributed by atoms with E-state index in [-0.39, 0.29) is 12.1 Å². The zero-order valence-corrected chi connectivity index (χ0v) is 11.4. The second-order valence-electron chi connectivity index (χ2n) is 4.69. The second kappa shape index (κ2) is 6.91. The first-order chi connectivity index (χ1) is 8.84. The van der Waals surface area contributed by atoms with E-state index in [1.165, 1.54) is 12.1 Å². The summed E-state index contributed by atoms with van der Waals surface area (Å²) >= 11 is 0. The Bertz CT molecular complexity index is 393. The molecule has 0 aromatic heterocycles. The third-order valence-electron chi connectivity index (χ3n) is 3.00. The van der Waals surface area contributed by atoms with Crippen molar-refractivity contribution in [2.75, 3.05) is 13.7 Å². The smallest absolute Gasteiger partial charge is 0.385 e. The van der Waals surface area contributed by atoms with Gasteiger partial charge in [-0.05, 0) is 38.0 Å². The van der Waals surface area contributed by atoms with Crippen molar-refractivity contribution in [3.05, 3.63) is 35.4 Å². The van der Waals surface area contributed by atoms with E-state index < -0.39 is 11.7 Å². The molecule has 1 N–H and O–H groups in total. The number of ether oxygens (including phenoxy) is 1. The van der Waals surface area contributed by atoms with Crippen LogP contribution in [-0.4, -0.2) is 19.8 Å². The van der Waals surface area contributed by atoms with Crippen molar-refractivity contribution < 1.29 is 17.9 Å². The van der Waals surface area contributed by atoms with Gasteiger partial charge in [0.15, 0.2) is 0 Å². The molecule has 0 saturated heterocycles. The lowest BCUT2D eigenvalue weighted by atomic mass is 10.0. The summed E-state index contributed by atoms with van der Waals surface area (Å²) in [4.78, 5) is 0. The van der Waals surface area contributed by atoms with Crippen molar-refractivity contribution in [3.8, 4) is 0 Å². The van der Waals surface area contributed by atoms with E-state index in [9.17, 15) is 13.2 Å². The molecule has 1 rings (SSSR count). The molecular formula is C14H20F3NO. The maximum atomic E-state index is 12.6. The number of methoxy groups -OCH3 is 1. The van der Waals surface area contributed by atoms with Crippen LogP contribution in [0.1, 0.15) is 37.4 Å². The van der Waals surface area contributed by atoms with Gasteiger partial charge in [0.1, 0.15) is 0 Å². The molecule has 0 fully saturated rings. The zero-order valence-electron chi connectivity index (χ0n) is 11.4. The Morgan fingerprint density at radius 2 is 1.95 bits per heavy atom. The number of rotatable bonds is 6. The van der Waals surface area contributed by atoms with Crippen LogP contribution in [0.4, 0.5) is 13.2 Å². The maximum Gasteiger partial charge on any atom is 0.416 e. The highest BCUT2D eigenvalue weighted by atomic mass is 19.4. The van der Waals surface area contributed by atoms with E-state index in [2.05, 4.69) is 5.32 Å². The molecule has 2 atom stereocenters. The maximum absolute atomic E-state index is 12.6. The van der Waals surface area contributed by atoms with Crippen LogP contribution in [0.2, 0.25) is 0 Å². The van der Waals surface area contributed by atoms with Gasteiger partial charge < -0.3 is 10.1 Å². The molecule has 1 aromatic rings. The van der Waals surface area contributed by atoms with E-state index in [0.717, 1.165) is 12.5 Å². The third kappa shape index (κ3) is 5.20. The first-order valence-electron chi connectivity index (χ1n) is 6.26. The van der Waals surface area contributed by atoms with Crippen LogP contribution in [0.3, 0.4) is 0 Å². The van der Waals surface area contributed by atoms with Crippen LogP contribution in [0.25, 0.3) is 0 Å². The van der Waals surface area contributed by atoms with E-state index in [0.29, 0.717) is 12.2 Å². The minimum absolute atomic E-state index is 0.130. The van der Waals surface area contributed by atoms with Gasteiger partial charge in [0.2, 0.25) is 0 Å². The summed E-state index contributed by atoms with van der Waals surface area (Å²) < 4.78 is 42.8. The number of halogens is 3. The van der Waals surface area contributed by atoms with Gasteiger partial charge in [-0.1, -0.05) is 12.1 Å². The average molecular weight is 275 g/mol. The Morgan fingerprint density at radius 3 is 2.53 bits per heavy atom. The van der Waals surface area contributed by atoms with Crippen LogP contribution in [0.5, 0.6) is 0 Å². The lowest BCUT2D eigenvalue weighted by Crippen LogP contribution is -2.30. The molecule has 0 bridgehead atoms. The van der Waals surface area contributed by atoms with Crippen LogP contribution >= 0.6 is 0 Å². The highest BCUT2D eigenvalue weighted by Crippen LogP contribution is 2.30. The largest absolute Gasteiger partial charge is 0.416 e. The fourth-order valence-corrected chi connectivity index (χ4v) is 1.89. The molecule has 19 heavy (non-hydrogen) atoms. The number of benzene rings is 1. The van der Waals surface area contributed by atoms with E-state index in [1.54, 1.807) is 13.2 Å². The van der Waals surface area contributed by atoms with Crippen LogP contribution in [-0.2, 0) is 10.9 Å². The molecule has 1 aromatic carbocycles. The highest BCUT2D eigenvalue weighted by molar-refractivity contribution is 5.27. The molecule has 0 heterocycles. The predicted molar refractivity (Wildman–Crippen MR) is 68.9 cm³/mol. The van der Waals surface area contributed by atoms with Crippen molar-refractivity contribution >= 4 is 0 Å². The Kier molecular flexibility index (Phi) is 5.82. The topological polar surface area (TPSA) is 21.3 Å². The summed E-state index contributed by atoms with van der Waals surface area (Å²) in [6, 6.07) is 5.48. The molecule has 0 saturated carbocycles. The fraction of sp³-hybridized carbons (Fsp3) is 0.571. The van der Waals surface area contributed by atoms with E-state index in [1.807, 2.05) is 13.8 Å². The molecule has 0 radical (unpaired) electrons. The number of nitrogens with one attached hydrogen (secondary N) is 1. The third-order valence-corrected chi connectivity index (χ3v) is 3.00. The van der Waals surface area contributed by atoms with Gasteiger partial charge in [-0.15, -0.1) is 0 Å². The lowest BCUT2D eigenvalue weighted by molar-refractivity contribution is -0.137. The molecule has 108 valence electrons. The highest BCUT2D eigenvalue weighted by Gasteiger charge is 2.30. The summed E-state index contributed by atoms with van der Waals surface area (Å²) in [6.07, 6.45) is -3.48. The monoisotopic (exact) mass is 275 g/mol. The molecule has 0 aliphatic carbocycles. The predicted octanol–water partition coefficient (Wildman–Crippen LogP) is 3.78. The lowest BCUT2D eigenvalue weighted by Gasteiger charge is -2.21. The van der Waals surface area contributed by atoms with E-state index in [4.69, 9.17) is 4.74 Å². The second-order valence-corrected chi connectivity index (χ2v) is 4.69. The average Bonchev–Trinajstić information content (AvgIpc) is 2.35. The van der Waals surface area contributed by atoms with Crippen molar-refractivity contribution in [2.24, 2.45) is 0 Å². The Hall–Kier alpha value is -1.07. The Labute approximate surface area is 112 Å². The fourth-order valence-electron chi connectivity index (χ4n) is 1.89. The summed E-state index contributed by atoms with van der Waals surface area (Å²) in [7, 11) is 1.63. The van der Waals surface area contributed by atoms with Crippen molar-refractivity contribution in [1.82, 2.24) is 5.32 Å². The number of alkyl halides is 3. The van der Waals surface area contributed by atoms with Gasteiger partial charge >= 0.3 is 6.18 Å². The molecule has 0 aliphatic heterocycles. The first kappa shape index (κ1) is 16.0. The van der Waals surface area contributed by atoms with Gasteiger partial charge in [0, 0.05) is 25.8 Å². The van der Waals surface area contributed by atoms with Crippen molar-refractivity contribution in [1.29, 1.82) is 0 Å². The molecule has 0 amide bonds. The number of hydrogen-bond acceptors (Lipinski definition) is 2. The van der Waals surface area contributed by atoms with Gasteiger partial charge in [0.25, 0.3) is 0 Å². The summed E-state index contributed by atoms with van der Waals surface area (Å²) in [5.41, 5.74) is 0.0299. The molecule has 0 spiro atoms. The van der Waals surface area contributed by atoms with Gasteiger partial charge in [-0.2, -0.15) is 13.2 Å². The summed E-state index contributed by atoms with van der Waals surface area (Å²) in [5.74, 6) is 0. The molecular weight excluding hydrogens is 255 g/mol. The van der Waals surface area contributed by atoms with Crippen LogP contribution < -0.4 is 5.32 Å². The molecule has 5 heteroatoms. The minimum Gasteiger partial charge on any atom is -0.385 e. The SMILES string of the molecule is COCCC(C)NC(C)c1cccc(C(F)(F)F)c1. The molecule has 2 unspecified atom stereocenters. The van der Waals surface area contributed by atoms with Crippen molar-refractivity contribution in [3.63, 3.8) is 0 Å². The van der Waals surface area contributed by atoms with Gasteiger partial charge in [-0.25, -0.2) is 0 Å². The first-order valence-corrected chi connectivity index (χ1v) is 6.26. The molecule has 2 nitrogen and oxygen atoms in total. The number of hydrogen-bond donors (Lipinski definition) is 1. The van der Waals surface area contributed by atoms with E-state index >= 15 is 0 Å². The Morgan fingerprint density at radius 1 is 1.26 bits per heavy atom. The quantitative estimate of drug-likeness (QED) is 0.853. The minimum atomic E-state index is -4.29. The van der Waals surface area contributed by atoms with Gasteiger partial charge in [0.05, 0.1) is 5.56 Å². The summed E-state index contributed by atoms with van der Waals surface area (Å²) in [5, 5.41) is 3.26.